The number of aromatic carboxylic acids is 1. The first-order chi connectivity index (χ1) is 9.19. The smallest absolute Gasteiger partial charge is 0.354 e. The van der Waals surface area contributed by atoms with Gasteiger partial charge in [0.25, 0.3) is 0 Å². The molecule has 0 bridgehead atoms. The Morgan fingerprint density at radius 3 is 2.89 bits per heavy atom. The Kier molecular flexibility index (Phi) is 4.30. The molecular formula is C14H16N2O3. The van der Waals surface area contributed by atoms with E-state index in [1.165, 1.54) is 6.20 Å². The fourth-order valence-electron chi connectivity index (χ4n) is 1.85. The van der Waals surface area contributed by atoms with E-state index in [1.807, 2.05) is 18.2 Å². The number of aromatic nitrogens is 1. The van der Waals surface area contributed by atoms with Crippen molar-refractivity contribution in [2.45, 2.75) is 20.0 Å². The molecule has 2 aromatic heterocycles. The summed E-state index contributed by atoms with van der Waals surface area (Å²) in [6, 6.07) is 7.22. The lowest BCUT2D eigenvalue weighted by Gasteiger charge is -2.19. The highest BCUT2D eigenvalue weighted by molar-refractivity contribution is 5.85. The van der Waals surface area contributed by atoms with E-state index in [0.717, 1.165) is 17.9 Å². The minimum absolute atomic E-state index is 0.0755. The Balaban J connectivity index is 2.05. The lowest BCUT2D eigenvalue weighted by Crippen LogP contribution is -2.22. The molecule has 2 heterocycles. The molecule has 2 rings (SSSR count). The lowest BCUT2D eigenvalue weighted by atomic mass is 10.2. The third kappa shape index (κ3) is 3.66. The Bertz CT molecular complexity index is 537. The molecule has 19 heavy (non-hydrogen) atoms. The van der Waals surface area contributed by atoms with E-state index in [9.17, 15) is 4.79 Å². The van der Waals surface area contributed by atoms with Gasteiger partial charge in [-0.15, -0.1) is 0 Å². The van der Waals surface area contributed by atoms with Gasteiger partial charge in [0.2, 0.25) is 0 Å². The predicted octanol–water partition coefficient (Wildman–Crippen LogP) is 2.39. The first-order valence-electron chi connectivity index (χ1n) is 6.12. The Morgan fingerprint density at radius 2 is 2.26 bits per heavy atom. The van der Waals surface area contributed by atoms with Crippen LogP contribution in [-0.2, 0) is 13.1 Å². The van der Waals surface area contributed by atoms with Crippen molar-refractivity contribution in [2.24, 2.45) is 0 Å². The van der Waals surface area contributed by atoms with Gasteiger partial charge in [-0.1, -0.05) is 6.92 Å². The molecule has 1 N–H and O–H groups in total. The van der Waals surface area contributed by atoms with Gasteiger partial charge in [0.1, 0.15) is 11.5 Å². The van der Waals surface area contributed by atoms with Crippen LogP contribution in [0.2, 0.25) is 0 Å². The van der Waals surface area contributed by atoms with Gasteiger partial charge >= 0.3 is 5.97 Å². The summed E-state index contributed by atoms with van der Waals surface area (Å²) in [5, 5.41) is 8.92. The fourth-order valence-corrected chi connectivity index (χ4v) is 1.85. The van der Waals surface area contributed by atoms with Gasteiger partial charge in [-0.3, -0.25) is 4.90 Å². The van der Waals surface area contributed by atoms with Gasteiger partial charge in [-0.2, -0.15) is 0 Å². The fraction of sp³-hybridized carbons (Fsp3) is 0.286. The highest BCUT2D eigenvalue weighted by Gasteiger charge is 2.09. The van der Waals surface area contributed by atoms with Gasteiger partial charge in [-0.05, 0) is 36.4 Å². The Morgan fingerprint density at radius 1 is 1.42 bits per heavy atom. The third-order valence-corrected chi connectivity index (χ3v) is 2.86. The summed E-state index contributed by atoms with van der Waals surface area (Å²) in [6.07, 6.45) is 3.18. The van der Waals surface area contributed by atoms with Gasteiger partial charge in [0.05, 0.1) is 12.8 Å². The molecule has 0 aliphatic heterocycles. The standard InChI is InChI=1S/C14H16N2O3/c1-2-16(10-12-4-3-7-19-12)9-11-5-6-15-13(8-11)14(17)18/h3-8H,2,9-10H2,1H3,(H,17,18). The van der Waals surface area contributed by atoms with Crippen LogP contribution >= 0.6 is 0 Å². The number of furan rings is 1. The average Bonchev–Trinajstić information content (AvgIpc) is 2.91. The van der Waals surface area contributed by atoms with E-state index in [2.05, 4.69) is 16.8 Å². The first kappa shape index (κ1) is 13.3. The number of nitrogens with zero attached hydrogens (tertiary/aromatic N) is 2. The van der Waals surface area contributed by atoms with Crippen molar-refractivity contribution in [1.29, 1.82) is 0 Å². The number of rotatable bonds is 6. The molecule has 0 saturated carbocycles. The average molecular weight is 260 g/mol. The normalized spacial score (nSPS) is 10.8. The molecule has 2 aromatic rings. The van der Waals surface area contributed by atoms with Gasteiger partial charge in [-0.25, -0.2) is 9.78 Å². The van der Waals surface area contributed by atoms with Crippen LogP contribution < -0.4 is 0 Å². The zero-order chi connectivity index (χ0) is 13.7. The van der Waals surface area contributed by atoms with Crippen LogP contribution in [0.25, 0.3) is 0 Å². The Hall–Kier alpha value is -2.14. The van der Waals surface area contributed by atoms with Crippen molar-refractivity contribution in [2.75, 3.05) is 6.54 Å². The molecule has 0 saturated heterocycles. The van der Waals surface area contributed by atoms with Crippen LogP contribution in [0.4, 0.5) is 0 Å². The summed E-state index contributed by atoms with van der Waals surface area (Å²) in [4.78, 5) is 16.9. The van der Waals surface area contributed by atoms with Crippen LogP contribution in [0.3, 0.4) is 0 Å². The lowest BCUT2D eigenvalue weighted by molar-refractivity contribution is 0.0690. The molecule has 0 aromatic carbocycles. The number of hydrogen-bond donors (Lipinski definition) is 1. The molecule has 0 fully saturated rings. The van der Waals surface area contributed by atoms with E-state index in [1.54, 1.807) is 12.3 Å². The number of carboxylic acid groups (broad SMARTS) is 1. The predicted molar refractivity (Wildman–Crippen MR) is 69.7 cm³/mol. The summed E-state index contributed by atoms with van der Waals surface area (Å²) < 4.78 is 5.32. The van der Waals surface area contributed by atoms with E-state index in [0.29, 0.717) is 13.1 Å². The van der Waals surface area contributed by atoms with Crippen molar-refractivity contribution >= 4 is 5.97 Å². The molecule has 0 radical (unpaired) electrons. The zero-order valence-electron chi connectivity index (χ0n) is 10.7. The van der Waals surface area contributed by atoms with Gasteiger partial charge < -0.3 is 9.52 Å². The summed E-state index contributed by atoms with van der Waals surface area (Å²) >= 11 is 0. The molecule has 0 amide bonds. The molecular weight excluding hydrogens is 244 g/mol. The highest BCUT2D eigenvalue weighted by atomic mass is 16.4. The van der Waals surface area contributed by atoms with E-state index >= 15 is 0 Å². The second-order valence-corrected chi connectivity index (χ2v) is 4.24. The first-order valence-corrected chi connectivity index (χ1v) is 6.12. The molecule has 0 unspecified atom stereocenters. The number of carbonyl (C=O) groups is 1. The zero-order valence-corrected chi connectivity index (χ0v) is 10.7. The summed E-state index contributed by atoms with van der Waals surface area (Å²) in [5.74, 6) is -0.106. The van der Waals surface area contributed by atoms with Gasteiger partial charge in [0.15, 0.2) is 0 Å². The monoisotopic (exact) mass is 260 g/mol. The van der Waals surface area contributed by atoms with E-state index < -0.39 is 5.97 Å². The number of hydrogen-bond acceptors (Lipinski definition) is 4. The second-order valence-electron chi connectivity index (χ2n) is 4.24. The molecule has 0 aliphatic carbocycles. The van der Waals surface area contributed by atoms with Crippen molar-refractivity contribution in [3.8, 4) is 0 Å². The quantitative estimate of drug-likeness (QED) is 0.863. The maximum Gasteiger partial charge on any atom is 0.354 e. The molecule has 5 heteroatoms. The van der Waals surface area contributed by atoms with Crippen LogP contribution in [0, 0.1) is 0 Å². The topological polar surface area (TPSA) is 66.6 Å². The van der Waals surface area contributed by atoms with Crippen molar-refractivity contribution < 1.29 is 14.3 Å². The largest absolute Gasteiger partial charge is 0.477 e. The third-order valence-electron chi connectivity index (χ3n) is 2.86. The maximum absolute atomic E-state index is 10.9. The summed E-state index contributed by atoms with van der Waals surface area (Å²) in [7, 11) is 0. The van der Waals surface area contributed by atoms with Crippen LogP contribution in [0.1, 0.15) is 28.7 Å². The minimum atomic E-state index is -1.00. The molecule has 0 spiro atoms. The molecule has 0 aliphatic rings. The summed E-state index contributed by atoms with van der Waals surface area (Å²) in [5.41, 5.74) is 1.01. The van der Waals surface area contributed by atoms with E-state index in [-0.39, 0.29) is 5.69 Å². The minimum Gasteiger partial charge on any atom is -0.477 e. The number of pyridine rings is 1. The van der Waals surface area contributed by atoms with E-state index in [4.69, 9.17) is 9.52 Å². The molecule has 100 valence electrons. The van der Waals surface area contributed by atoms with Crippen molar-refractivity contribution in [1.82, 2.24) is 9.88 Å². The Labute approximate surface area is 111 Å². The second kappa shape index (κ2) is 6.15. The van der Waals surface area contributed by atoms with Crippen LogP contribution in [0.5, 0.6) is 0 Å². The molecule has 0 atom stereocenters. The molecule has 5 nitrogen and oxygen atoms in total. The highest BCUT2D eigenvalue weighted by Crippen LogP contribution is 2.10. The summed E-state index contributed by atoms with van der Waals surface area (Å²) in [6.45, 7) is 4.28. The SMILES string of the molecule is CCN(Cc1ccnc(C(=O)O)c1)Cc1ccco1. The van der Waals surface area contributed by atoms with Crippen LogP contribution in [0.15, 0.2) is 41.1 Å². The maximum atomic E-state index is 10.9. The van der Waals surface area contributed by atoms with Crippen LogP contribution in [-0.4, -0.2) is 27.5 Å². The van der Waals surface area contributed by atoms with Crippen molar-refractivity contribution in [3.05, 3.63) is 53.7 Å². The number of carboxylic acids is 1. The van der Waals surface area contributed by atoms with Crippen molar-refractivity contribution in [3.63, 3.8) is 0 Å². The van der Waals surface area contributed by atoms with Gasteiger partial charge in [0, 0.05) is 12.7 Å².